The van der Waals surface area contributed by atoms with E-state index >= 15 is 0 Å². The Balaban J connectivity index is 1.59. The molecule has 1 aromatic rings. The van der Waals surface area contributed by atoms with Gasteiger partial charge in [0.05, 0.1) is 4.90 Å². The van der Waals surface area contributed by atoms with Crippen molar-refractivity contribution in [3.05, 3.63) is 29.6 Å². The van der Waals surface area contributed by atoms with Crippen LogP contribution in [0, 0.1) is 12.7 Å². The zero-order chi connectivity index (χ0) is 20.8. The van der Waals surface area contributed by atoms with E-state index in [9.17, 15) is 22.4 Å². The second-order valence-corrected chi connectivity index (χ2v) is 10.1. The van der Waals surface area contributed by atoms with Crippen molar-refractivity contribution < 1.29 is 22.4 Å². The maximum Gasteiger partial charge on any atom is 0.327 e. The topological polar surface area (TPSA) is 78.0 Å². The van der Waals surface area contributed by atoms with Gasteiger partial charge in [0.15, 0.2) is 0 Å². The Morgan fingerprint density at radius 3 is 2.45 bits per heavy atom. The number of fused-ring (bicyclic) bond motifs is 1. The fourth-order valence-electron chi connectivity index (χ4n) is 4.57. The second-order valence-electron chi connectivity index (χ2n) is 8.12. The maximum absolute atomic E-state index is 13.9. The first-order chi connectivity index (χ1) is 13.8. The van der Waals surface area contributed by atoms with Crippen LogP contribution < -0.4 is 0 Å². The number of imide groups is 1. The van der Waals surface area contributed by atoms with E-state index in [-0.39, 0.29) is 36.0 Å². The molecule has 1 atom stereocenters. The summed E-state index contributed by atoms with van der Waals surface area (Å²) >= 11 is 0. The minimum atomic E-state index is -3.96. The zero-order valence-corrected chi connectivity index (χ0v) is 17.3. The molecular formula is C20H26FN3O4S. The summed E-state index contributed by atoms with van der Waals surface area (Å²) in [6.07, 6.45) is 5.14. The highest BCUT2D eigenvalue weighted by Crippen LogP contribution is 2.31. The van der Waals surface area contributed by atoms with E-state index in [2.05, 4.69) is 0 Å². The number of halogens is 1. The highest BCUT2D eigenvalue weighted by molar-refractivity contribution is 7.89. The molecule has 1 saturated carbocycles. The summed E-state index contributed by atoms with van der Waals surface area (Å²) < 4.78 is 41.4. The van der Waals surface area contributed by atoms with Gasteiger partial charge in [0.1, 0.15) is 11.9 Å². The minimum Gasteiger partial charge on any atom is -0.311 e. The van der Waals surface area contributed by atoms with Crippen LogP contribution >= 0.6 is 0 Å². The predicted molar refractivity (Wildman–Crippen MR) is 104 cm³/mol. The SMILES string of the molecule is Cc1ccc(S(=O)(=O)N2CCCN3C(=O)N(C4CCCCC4)C(=O)C3C2)cc1F. The lowest BCUT2D eigenvalue weighted by Crippen LogP contribution is -2.45. The van der Waals surface area contributed by atoms with E-state index in [0.29, 0.717) is 18.5 Å². The number of aryl methyl sites for hydroxylation is 1. The average molecular weight is 424 g/mol. The molecule has 0 radical (unpaired) electrons. The Kier molecular flexibility index (Phi) is 5.37. The van der Waals surface area contributed by atoms with Crippen LogP contribution in [0.1, 0.15) is 44.1 Å². The fourth-order valence-corrected chi connectivity index (χ4v) is 6.06. The summed E-state index contributed by atoms with van der Waals surface area (Å²) in [4.78, 5) is 28.8. The molecule has 0 spiro atoms. The summed E-state index contributed by atoms with van der Waals surface area (Å²) in [5.74, 6) is -0.891. The van der Waals surface area contributed by atoms with E-state index in [4.69, 9.17) is 0 Å². The van der Waals surface area contributed by atoms with Gasteiger partial charge in [-0.05, 0) is 43.9 Å². The third-order valence-corrected chi connectivity index (χ3v) is 8.12. The van der Waals surface area contributed by atoms with E-state index in [1.165, 1.54) is 26.2 Å². The highest BCUT2D eigenvalue weighted by Gasteiger charge is 2.50. The average Bonchev–Trinajstić information content (AvgIpc) is 2.86. The number of amides is 3. The summed E-state index contributed by atoms with van der Waals surface area (Å²) in [6.45, 7) is 2.01. The van der Waals surface area contributed by atoms with Crippen LogP contribution in [0.2, 0.25) is 0 Å². The molecule has 1 aliphatic carbocycles. The molecule has 29 heavy (non-hydrogen) atoms. The molecule has 0 N–H and O–H groups in total. The van der Waals surface area contributed by atoms with Gasteiger partial charge in [-0.3, -0.25) is 9.69 Å². The number of hydrogen-bond donors (Lipinski definition) is 0. The van der Waals surface area contributed by atoms with Crippen LogP contribution in [0.3, 0.4) is 0 Å². The van der Waals surface area contributed by atoms with Crippen molar-refractivity contribution in [2.75, 3.05) is 19.6 Å². The van der Waals surface area contributed by atoms with Crippen LogP contribution in [0.25, 0.3) is 0 Å². The van der Waals surface area contributed by atoms with Gasteiger partial charge < -0.3 is 4.90 Å². The highest BCUT2D eigenvalue weighted by atomic mass is 32.2. The second kappa shape index (κ2) is 7.68. The van der Waals surface area contributed by atoms with Gasteiger partial charge in [0, 0.05) is 25.7 Å². The van der Waals surface area contributed by atoms with Gasteiger partial charge >= 0.3 is 6.03 Å². The first kappa shape index (κ1) is 20.3. The molecule has 2 aliphatic heterocycles. The van der Waals surface area contributed by atoms with E-state index < -0.39 is 21.9 Å². The van der Waals surface area contributed by atoms with Crippen LogP contribution in [-0.4, -0.2) is 66.2 Å². The lowest BCUT2D eigenvalue weighted by molar-refractivity contribution is -0.130. The Hall–Kier alpha value is -2.00. The molecule has 9 heteroatoms. The molecule has 0 bridgehead atoms. The van der Waals surface area contributed by atoms with Crippen molar-refractivity contribution in [2.24, 2.45) is 0 Å². The monoisotopic (exact) mass is 423 g/mol. The van der Waals surface area contributed by atoms with Gasteiger partial charge in [-0.15, -0.1) is 0 Å². The summed E-state index contributed by atoms with van der Waals surface area (Å²) in [6, 6.07) is 2.63. The minimum absolute atomic E-state index is 0.0908. The molecule has 158 valence electrons. The molecule has 4 rings (SSSR count). The molecule has 3 fully saturated rings. The lowest BCUT2D eigenvalue weighted by atomic mass is 9.94. The number of benzene rings is 1. The molecule has 0 aromatic heterocycles. The molecule has 7 nitrogen and oxygen atoms in total. The van der Waals surface area contributed by atoms with E-state index in [0.717, 1.165) is 38.2 Å². The smallest absolute Gasteiger partial charge is 0.311 e. The molecular weight excluding hydrogens is 397 g/mol. The Bertz CT molecular complexity index is 930. The zero-order valence-electron chi connectivity index (χ0n) is 16.5. The van der Waals surface area contributed by atoms with Crippen LogP contribution in [-0.2, 0) is 14.8 Å². The third-order valence-electron chi connectivity index (χ3n) is 6.25. The largest absolute Gasteiger partial charge is 0.327 e. The summed E-state index contributed by atoms with van der Waals surface area (Å²) in [5, 5.41) is 0. The quantitative estimate of drug-likeness (QED) is 0.700. The van der Waals surface area contributed by atoms with E-state index in [1.807, 2.05) is 0 Å². The normalized spacial score (nSPS) is 24.7. The molecule has 2 saturated heterocycles. The number of rotatable bonds is 3. The van der Waals surface area contributed by atoms with E-state index in [1.54, 1.807) is 6.92 Å². The van der Waals surface area contributed by atoms with Crippen LogP contribution in [0.15, 0.2) is 23.1 Å². The number of sulfonamides is 1. The number of urea groups is 1. The van der Waals surface area contributed by atoms with Crippen molar-refractivity contribution >= 4 is 22.0 Å². The lowest BCUT2D eigenvalue weighted by Gasteiger charge is -2.29. The number of carbonyl (C=O) groups excluding carboxylic acids is 2. The van der Waals surface area contributed by atoms with Gasteiger partial charge in [0.25, 0.3) is 5.91 Å². The summed E-state index contributed by atoms with van der Waals surface area (Å²) in [5.41, 5.74) is 0.366. The van der Waals surface area contributed by atoms with Crippen molar-refractivity contribution in [1.82, 2.24) is 14.1 Å². The van der Waals surface area contributed by atoms with Crippen molar-refractivity contribution in [1.29, 1.82) is 0 Å². The third kappa shape index (κ3) is 3.54. The molecule has 1 unspecified atom stereocenters. The molecule has 1 aromatic carbocycles. The Morgan fingerprint density at radius 2 is 1.76 bits per heavy atom. The molecule has 3 amide bonds. The number of carbonyl (C=O) groups is 2. The fraction of sp³-hybridized carbons (Fsp3) is 0.600. The molecule has 2 heterocycles. The summed E-state index contributed by atoms with van der Waals surface area (Å²) in [7, 11) is -3.96. The van der Waals surface area contributed by atoms with Crippen molar-refractivity contribution in [3.8, 4) is 0 Å². The maximum atomic E-state index is 13.9. The predicted octanol–water partition coefficient (Wildman–Crippen LogP) is 2.49. The Labute approximate surface area is 170 Å². The van der Waals surface area contributed by atoms with Gasteiger partial charge in [0.2, 0.25) is 10.0 Å². The van der Waals surface area contributed by atoms with Gasteiger partial charge in [-0.1, -0.05) is 25.3 Å². The Morgan fingerprint density at radius 1 is 1.03 bits per heavy atom. The number of hydrogen-bond acceptors (Lipinski definition) is 4. The van der Waals surface area contributed by atoms with Crippen molar-refractivity contribution in [2.45, 2.75) is 62.4 Å². The first-order valence-corrected chi connectivity index (χ1v) is 11.6. The van der Waals surface area contributed by atoms with Gasteiger partial charge in [-0.2, -0.15) is 4.31 Å². The van der Waals surface area contributed by atoms with Crippen LogP contribution in [0.4, 0.5) is 9.18 Å². The van der Waals surface area contributed by atoms with Gasteiger partial charge in [-0.25, -0.2) is 17.6 Å². The standard InChI is InChI=1S/C20H26FN3O4S/c1-14-8-9-16(12-17(14)21)29(27,28)22-10-5-11-23-18(13-22)19(25)24(20(23)26)15-6-3-2-4-7-15/h8-9,12,15,18H,2-7,10-11,13H2,1H3. The molecule has 3 aliphatic rings. The van der Waals surface area contributed by atoms with Crippen molar-refractivity contribution in [3.63, 3.8) is 0 Å². The first-order valence-electron chi connectivity index (χ1n) is 10.2. The number of nitrogens with zero attached hydrogens (tertiary/aromatic N) is 3. The van der Waals surface area contributed by atoms with Crippen LogP contribution in [0.5, 0.6) is 0 Å².